The third-order valence-corrected chi connectivity index (χ3v) is 4.07. The number of hydrogen-bond acceptors (Lipinski definition) is 9. The summed E-state index contributed by atoms with van der Waals surface area (Å²) in [6, 6.07) is 4.30. The molecule has 1 fully saturated rings. The summed E-state index contributed by atoms with van der Waals surface area (Å²) in [5, 5.41) is 48.3. The van der Waals surface area contributed by atoms with Crippen LogP contribution in [-0.4, -0.2) is 68.5 Å². The Morgan fingerprint density at radius 2 is 1.81 bits per heavy atom. The van der Waals surface area contributed by atoms with Gasteiger partial charge >= 0.3 is 11.9 Å². The minimum absolute atomic E-state index is 0.0822. The normalized spacial score (nSPS) is 28.7. The number of methoxy groups -OCH3 is 1. The quantitative estimate of drug-likeness (QED) is 0.258. The third-order valence-electron chi connectivity index (χ3n) is 4.07. The molecule has 0 amide bonds. The first kappa shape index (κ1) is 19.9. The summed E-state index contributed by atoms with van der Waals surface area (Å²) in [4.78, 5) is 23.8. The molecule has 0 spiro atoms. The molecular weight excluding hydrogens is 348 g/mol. The van der Waals surface area contributed by atoms with Crippen molar-refractivity contribution < 1.29 is 44.6 Å². The average Bonchev–Trinajstić information content (AvgIpc) is 2.58. The fraction of sp³-hybridized carbons (Fsp3) is 0.412. The highest BCUT2D eigenvalue weighted by molar-refractivity contribution is 5.97. The second-order valence-electron chi connectivity index (χ2n) is 6.04. The van der Waals surface area contributed by atoms with Gasteiger partial charge in [0.1, 0.15) is 6.10 Å². The number of aromatic hydroxyl groups is 1. The van der Waals surface area contributed by atoms with Gasteiger partial charge in [-0.05, 0) is 23.8 Å². The van der Waals surface area contributed by atoms with Crippen molar-refractivity contribution in [2.24, 2.45) is 0 Å². The Bertz CT molecular complexity index is 700. The lowest BCUT2D eigenvalue weighted by Crippen LogP contribution is -2.56. The lowest BCUT2D eigenvalue weighted by atomic mass is 9.80. The zero-order valence-corrected chi connectivity index (χ0v) is 13.9. The third kappa shape index (κ3) is 4.38. The molecule has 9 nitrogen and oxygen atoms in total. The van der Waals surface area contributed by atoms with Gasteiger partial charge < -0.3 is 35.0 Å². The van der Waals surface area contributed by atoms with E-state index in [1.54, 1.807) is 0 Å². The minimum atomic E-state index is -2.29. The van der Waals surface area contributed by atoms with Gasteiger partial charge in [-0.1, -0.05) is 6.07 Å². The lowest BCUT2D eigenvalue weighted by molar-refractivity contribution is -0.193. The predicted molar refractivity (Wildman–Crippen MR) is 87.0 cm³/mol. The van der Waals surface area contributed by atoms with Gasteiger partial charge in [0.2, 0.25) is 0 Å². The second-order valence-corrected chi connectivity index (χ2v) is 6.04. The van der Waals surface area contributed by atoms with E-state index < -0.39 is 48.7 Å². The number of esters is 2. The number of hydrogen-bond donors (Lipinski definition) is 5. The number of benzene rings is 1. The fourth-order valence-corrected chi connectivity index (χ4v) is 2.62. The van der Waals surface area contributed by atoms with Crippen LogP contribution >= 0.6 is 0 Å². The molecule has 142 valence electrons. The van der Waals surface area contributed by atoms with Gasteiger partial charge in [0.25, 0.3) is 0 Å². The number of ether oxygens (including phenoxy) is 2. The van der Waals surface area contributed by atoms with Crippen molar-refractivity contribution in [3.63, 3.8) is 0 Å². The van der Waals surface area contributed by atoms with Gasteiger partial charge in [0.05, 0.1) is 19.3 Å². The monoisotopic (exact) mass is 368 g/mol. The molecule has 2 rings (SSSR count). The summed E-state index contributed by atoms with van der Waals surface area (Å²) in [7, 11) is 1.36. The maximum Gasteiger partial charge on any atom is 0.346 e. The number of aliphatic hydroxyl groups is 4. The molecule has 0 bridgehead atoms. The van der Waals surface area contributed by atoms with Crippen LogP contribution < -0.4 is 4.74 Å². The largest absolute Gasteiger partial charge is 0.504 e. The number of aliphatic hydroxyl groups excluding tert-OH is 3. The van der Waals surface area contributed by atoms with Crippen LogP contribution in [0.4, 0.5) is 0 Å². The zero-order chi connectivity index (χ0) is 19.5. The Labute approximate surface area is 148 Å². The Morgan fingerprint density at radius 3 is 2.38 bits per heavy atom. The van der Waals surface area contributed by atoms with E-state index in [4.69, 9.17) is 4.74 Å². The lowest BCUT2D eigenvalue weighted by Gasteiger charge is -2.38. The summed E-state index contributed by atoms with van der Waals surface area (Å²) in [6.07, 6.45) is -3.49. The number of phenolic OH excluding ortho intramolecular Hbond substituents is 1. The van der Waals surface area contributed by atoms with Crippen LogP contribution in [0.15, 0.2) is 24.3 Å². The highest BCUT2D eigenvalue weighted by Gasteiger charge is 2.49. The maximum absolute atomic E-state index is 12.0. The summed E-state index contributed by atoms with van der Waals surface area (Å²) in [5.41, 5.74) is -1.81. The molecule has 9 heteroatoms. The molecule has 1 aliphatic carbocycles. The van der Waals surface area contributed by atoms with E-state index in [1.165, 1.54) is 31.4 Å². The molecule has 26 heavy (non-hydrogen) atoms. The first-order valence-electron chi connectivity index (χ1n) is 7.74. The van der Waals surface area contributed by atoms with Crippen molar-refractivity contribution in [1.29, 1.82) is 0 Å². The van der Waals surface area contributed by atoms with Gasteiger partial charge in [-0.3, -0.25) is 0 Å². The number of phenols is 1. The Kier molecular flexibility index (Phi) is 5.98. The van der Waals surface area contributed by atoms with Crippen molar-refractivity contribution >= 4 is 18.0 Å². The van der Waals surface area contributed by atoms with Crippen molar-refractivity contribution in [1.82, 2.24) is 0 Å². The zero-order valence-electron chi connectivity index (χ0n) is 13.9. The van der Waals surface area contributed by atoms with Gasteiger partial charge in [-0.2, -0.15) is 0 Å². The van der Waals surface area contributed by atoms with Gasteiger partial charge in [0.15, 0.2) is 17.1 Å². The molecule has 0 aromatic heterocycles. The Balaban J connectivity index is 2.02. The van der Waals surface area contributed by atoms with Crippen LogP contribution in [0.1, 0.15) is 18.4 Å². The van der Waals surface area contributed by atoms with E-state index in [1.807, 2.05) is 0 Å². The maximum atomic E-state index is 12.0. The molecule has 5 N–H and O–H groups in total. The topological polar surface area (TPSA) is 154 Å². The van der Waals surface area contributed by atoms with Crippen LogP contribution in [0.2, 0.25) is 0 Å². The van der Waals surface area contributed by atoms with E-state index in [9.17, 15) is 35.1 Å². The number of carbonyl (C=O) groups excluding carboxylic acids is 2. The predicted octanol–water partition coefficient (Wildman–Crippen LogP) is -0.909. The highest BCUT2D eigenvalue weighted by Crippen LogP contribution is 2.30. The van der Waals surface area contributed by atoms with E-state index >= 15 is 0 Å². The van der Waals surface area contributed by atoms with Crippen molar-refractivity contribution in [3.05, 3.63) is 29.8 Å². The molecule has 0 radical (unpaired) electrons. The van der Waals surface area contributed by atoms with E-state index in [0.29, 0.717) is 5.56 Å². The molecule has 0 aliphatic heterocycles. The number of carbonyl (C=O) groups is 2. The summed E-state index contributed by atoms with van der Waals surface area (Å²) >= 11 is 0. The highest BCUT2D eigenvalue weighted by atomic mass is 16.6. The van der Waals surface area contributed by atoms with Crippen molar-refractivity contribution in [3.8, 4) is 11.5 Å². The first-order valence-corrected chi connectivity index (χ1v) is 7.74. The van der Waals surface area contributed by atoms with E-state index in [-0.39, 0.29) is 11.5 Å². The second kappa shape index (κ2) is 7.83. The van der Waals surface area contributed by atoms with Crippen LogP contribution in [0.5, 0.6) is 11.5 Å². The van der Waals surface area contributed by atoms with Crippen LogP contribution in [-0.2, 0) is 14.3 Å². The molecule has 2 unspecified atom stereocenters. The molecular formula is C17H20O9. The van der Waals surface area contributed by atoms with Gasteiger partial charge in [-0.15, -0.1) is 0 Å². The van der Waals surface area contributed by atoms with Gasteiger partial charge in [-0.25, -0.2) is 9.59 Å². The van der Waals surface area contributed by atoms with Crippen LogP contribution in [0.25, 0.3) is 6.08 Å². The summed E-state index contributed by atoms with van der Waals surface area (Å²) in [5.74, 6) is -2.30. The van der Waals surface area contributed by atoms with Crippen molar-refractivity contribution in [2.75, 3.05) is 7.11 Å². The fourth-order valence-electron chi connectivity index (χ4n) is 2.62. The van der Waals surface area contributed by atoms with E-state index in [2.05, 4.69) is 4.74 Å². The minimum Gasteiger partial charge on any atom is -0.504 e. The number of rotatable bonds is 4. The molecule has 4 atom stereocenters. The van der Waals surface area contributed by atoms with Crippen LogP contribution in [0, 0.1) is 0 Å². The summed E-state index contributed by atoms with van der Waals surface area (Å²) < 4.78 is 9.45. The Morgan fingerprint density at radius 1 is 1.19 bits per heavy atom. The first-order chi connectivity index (χ1) is 12.2. The average molecular weight is 368 g/mol. The molecule has 0 saturated heterocycles. The molecule has 0 heterocycles. The van der Waals surface area contributed by atoms with Crippen LogP contribution in [0.3, 0.4) is 0 Å². The molecule has 1 saturated carbocycles. The smallest absolute Gasteiger partial charge is 0.346 e. The molecule has 1 aromatic carbocycles. The SMILES string of the molecule is COc1cc(C=CC(=O)OC(=O)C2(O)C[C@@H](O)C(O)[C@@H](O)C2)ccc1O. The summed E-state index contributed by atoms with van der Waals surface area (Å²) in [6.45, 7) is 0. The van der Waals surface area contributed by atoms with E-state index in [0.717, 1.165) is 6.08 Å². The van der Waals surface area contributed by atoms with Gasteiger partial charge in [0, 0.05) is 18.9 Å². The molecule has 1 aliphatic rings. The molecule has 1 aromatic rings. The Hall–Kier alpha value is -2.46. The standard InChI is InChI=1S/C17H20O9/c1-25-13-6-9(2-4-10(13)18)3-5-14(21)26-16(23)17(24)7-11(19)15(22)12(20)8-17/h2-6,11-12,15,18-20,22,24H,7-8H2,1H3/t11-,12+,15?,17?. The van der Waals surface area contributed by atoms with Crippen molar-refractivity contribution in [2.45, 2.75) is 36.8 Å².